The lowest BCUT2D eigenvalue weighted by Crippen LogP contribution is -2.26. The molecule has 0 saturated carbocycles. The molecule has 1 aromatic carbocycles. The minimum atomic E-state index is -0.427. The third-order valence-electron chi connectivity index (χ3n) is 3.87. The summed E-state index contributed by atoms with van der Waals surface area (Å²) in [7, 11) is 0. The van der Waals surface area contributed by atoms with E-state index in [1.807, 2.05) is 13.0 Å². The first kappa shape index (κ1) is 20.4. The number of rotatable bonds is 6. The van der Waals surface area contributed by atoms with Crippen LogP contribution in [0.25, 0.3) is 0 Å². The van der Waals surface area contributed by atoms with Gasteiger partial charge in [-0.05, 0) is 56.0 Å². The summed E-state index contributed by atoms with van der Waals surface area (Å²) >= 11 is 18.8. The summed E-state index contributed by atoms with van der Waals surface area (Å²) in [5.74, 6) is 0.262. The second kappa shape index (κ2) is 8.77. The van der Waals surface area contributed by atoms with Crippen molar-refractivity contribution < 1.29 is 4.79 Å². The van der Waals surface area contributed by atoms with Crippen molar-refractivity contribution in [2.75, 3.05) is 5.32 Å². The van der Waals surface area contributed by atoms with E-state index in [0.29, 0.717) is 33.3 Å². The number of halogens is 4. The van der Waals surface area contributed by atoms with Crippen LogP contribution < -0.4 is 5.32 Å². The fourth-order valence-electron chi connectivity index (χ4n) is 2.57. The van der Waals surface area contributed by atoms with E-state index in [0.717, 1.165) is 10.0 Å². The fourth-order valence-corrected chi connectivity index (χ4v) is 3.60. The molecule has 142 valence electrons. The van der Waals surface area contributed by atoms with E-state index in [2.05, 4.69) is 47.4 Å². The van der Waals surface area contributed by atoms with Crippen LogP contribution in [0.5, 0.6) is 0 Å². The Balaban J connectivity index is 1.73. The van der Waals surface area contributed by atoms with Gasteiger partial charge in [-0.25, -0.2) is 0 Å². The van der Waals surface area contributed by atoms with Crippen LogP contribution in [0.2, 0.25) is 10.0 Å². The predicted octanol–water partition coefficient (Wildman–Crippen LogP) is 5.55. The number of carbonyl (C=O) groups is 1. The predicted molar refractivity (Wildman–Crippen MR) is 113 cm³/mol. The zero-order valence-corrected chi connectivity index (χ0v) is 18.8. The molecule has 2 aromatic heterocycles. The highest BCUT2D eigenvalue weighted by Gasteiger charge is 2.21. The molecular formula is C17H15Br2Cl2N5O. The van der Waals surface area contributed by atoms with Gasteiger partial charge in [-0.2, -0.15) is 10.2 Å². The maximum atomic E-state index is 12.7. The van der Waals surface area contributed by atoms with Crippen molar-refractivity contribution in [2.24, 2.45) is 0 Å². The molecule has 0 aliphatic carbocycles. The summed E-state index contributed by atoms with van der Waals surface area (Å²) in [4.78, 5) is 12.7. The van der Waals surface area contributed by atoms with Gasteiger partial charge in [-0.15, -0.1) is 0 Å². The molecule has 3 aromatic rings. The summed E-state index contributed by atoms with van der Waals surface area (Å²) in [6.45, 7) is 2.42. The number of nitrogens with zero attached hydrogens (tertiary/aromatic N) is 4. The van der Waals surface area contributed by atoms with Crippen LogP contribution in [-0.2, 0) is 11.3 Å². The van der Waals surface area contributed by atoms with Gasteiger partial charge in [-0.1, -0.05) is 36.2 Å². The highest BCUT2D eigenvalue weighted by Crippen LogP contribution is 2.25. The summed E-state index contributed by atoms with van der Waals surface area (Å²) in [5.41, 5.74) is 0.949. The van der Waals surface area contributed by atoms with Crippen LogP contribution >= 0.6 is 55.1 Å². The van der Waals surface area contributed by atoms with Crippen molar-refractivity contribution in [1.29, 1.82) is 0 Å². The Hall–Kier alpha value is -1.35. The van der Waals surface area contributed by atoms with Crippen LogP contribution in [0.3, 0.4) is 0 Å². The molecule has 1 amide bonds. The standard InChI is InChI=1S/C17H15Br2Cl2N5O/c1-2-15(26-8-11(18)6-22-26)17(27)23-16-12(19)9-25(24-16)7-10-3-4-13(20)14(21)5-10/h3-6,8-9,15H,2,7H2,1H3,(H,23,24,27). The molecular weight excluding hydrogens is 521 g/mol. The molecule has 6 nitrogen and oxygen atoms in total. The maximum Gasteiger partial charge on any atom is 0.250 e. The van der Waals surface area contributed by atoms with Crippen molar-refractivity contribution >= 4 is 66.8 Å². The van der Waals surface area contributed by atoms with Crippen molar-refractivity contribution in [2.45, 2.75) is 25.9 Å². The molecule has 27 heavy (non-hydrogen) atoms. The largest absolute Gasteiger partial charge is 0.306 e. The third-order valence-corrected chi connectivity index (χ3v) is 5.59. The number of nitrogens with one attached hydrogen (secondary N) is 1. The van der Waals surface area contributed by atoms with Gasteiger partial charge in [0.25, 0.3) is 0 Å². The zero-order chi connectivity index (χ0) is 19.6. The molecule has 0 aliphatic heterocycles. The number of benzene rings is 1. The number of hydrogen-bond donors (Lipinski definition) is 1. The van der Waals surface area contributed by atoms with E-state index in [1.165, 1.54) is 0 Å². The lowest BCUT2D eigenvalue weighted by molar-refractivity contribution is -0.119. The average Bonchev–Trinajstić information content (AvgIpc) is 3.18. The molecule has 0 fully saturated rings. The van der Waals surface area contributed by atoms with Crippen LogP contribution in [0.15, 0.2) is 45.7 Å². The number of hydrogen-bond acceptors (Lipinski definition) is 3. The number of carbonyl (C=O) groups excluding carboxylic acids is 1. The van der Waals surface area contributed by atoms with Gasteiger partial charge in [0.15, 0.2) is 5.82 Å². The lowest BCUT2D eigenvalue weighted by atomic mass is 10.2. The Morgan fingerprint density at radius 3 is 2.67 bits per heavy atom. The van der Waals surface area contributed by atoms with Gasteiger partial charge >= 0.3 is 0 Å². The summed E-state index contributed by atoms with van der Waals surface area (Å²) in [5, 5.41) is 12.5. The maximum absolute atomic E-state index is 12.7. The van der Waals surface area contributed by atoms with E-state index in [4.69, 9.17) is 23.2 Å². The summed E-state index contributed by atoms with van der Waals surface area (Å²) in [6, 6.07) is 4.99. The van der Waals surface area contributed by atoms with E-state index >= 15 is 0 Å². The number of anilines is 1. The third kappa shape index (κ3) is 4.93. The smallest absolute Gasteiger partial charge is 0.250 e. The average molecular weight is 536 g/mol. The second-order valence-electron chi connectivity index (χ2n) is 5.82. The highest BCUT2D eigenvalue weighted by molar-refractivity contribution is 9.10. The Morgan fingerprint density at radius 1 is 1.26 bits per heavy atom. The molecule has 0 spiro atoms. The first-order chi connectivity index (χ1) is 12.9. The van der Waals surface area contributed by atoms with Crippen LogP contribution in [0, 0.1) is 0 Å². The highest BCUT2D eigenvalue weighted by atomic mass is 79.9. The van der Waals surface area contributed by atoms with Gasteiger partial charge < -0.3 is 5.32 Å². The molecule has 0 bridgehead atoms. The number of amides is 1. The Labute approximate surface area is 183 Å². The topological polar surface area (TPSA) is 64.7 Å². The SMILES string of the molecule is CCC(C(=O)Nc1nn(Cc2ccc(Cl)c(Cl)c2)cc1Br)n1cc(Br)cn1. The van der Waals surface area contributed by atoms with Crippen molar-refractivity contribution in [3.05, 3.63) is 61.3 Å². The minimum Gasteiger partial charge on any atom is -0.306 e. The number of aromatic nitrogens is 4. The van der Waals surface area contributed by atoms with E-state index in [9.17, 15) is 4.79 Å². The fraction of sp³-hybridized carbons (Fsp3) is 0.235. The van der Waals surface area contributed by atoms with Crippen molar-refractivity contribution in [3.8, 4) is 0 Å². The van der Waals surface area contributed by atoms with Crippen molar-refractivity contribution in [1.82, 2.24) is 19.6 Å². The monoisotopic (exact) mass is 533 g/mol. The molecule has 0 radical (unpaired) electrons. The van der Waals surface area contributed by atoms with Crippen molar-refractivity contribution in [3.63, 3.8) is 0 Å². The van der Waals surface area contributed by atoms with Crippen LogP contribution in [0.1, 0.15) is 24.9 Å². The lowest BCUT2D eigenvalue weighted by Gasteiger charge is -2.14. The normalized spacial score (nSPS) is 12.2. The van der Waals surface area contributed by atoms with Crippen LogP contribution in [0.4, 0.5) is 5.82 Å². The van der Waals surface area contributed by atoms with Gasteiger partial charge in [0.1, 0.15) is 6.04 Å². The summed E-state index contributed by atoms with van der Waals surface area (Å²) in [6.07, 6.45) is 5.81. The minimum absolute atomic E-state index is 0.186. The van der Waals surface area contributed by atoms with Gasteiger partial charge in [-0.3, -0.25) is 14.2 Å². The molecule has 3 rings (SSSR count). The molecule has 0 saturated heterocycles. The van der Waals surface area contributed by atoms with E-state index in [-0.39, 0.29) is 5.91 Å². The molecule has 0 aliphatic rings. The molecule has 1 unspecified atom stereocenters. The van der Waals surface area contributed by atoms with E-state index < -0.39 is 6.04 Å². The molecule has 1 atom stereocenters. The van der Waals surface area contributed by atoms with Crippen LogP contribution in [-0.4, -0.2) is 25.5 Å². The Bertz CT molecular complexity index is 972. The quantitative estimate of drug-likeness (QED) is 0.450. The summed E-state index contributed by atoms with van der Waals surface area (Å²) < 4.78 is 4.85. The van der Waals surface area contributed by atoms with Gasteiger partial charge in [0.2, 0.25) is 5.91 Å². The van der Waals surface area contributed by atoms with E-state index in [1.54, 1.807) is 40.1 Å². The molecule has 2 heterocycles. The Kier molecular flexibility index (Phi) is 6.62. The molecule has 1 N–H and O–H groups in total. The Morgan fingerprint density at radius 2 is 2.04 bits per heavy atom. The van der Waals surface area contributed by atoms with Gasteiger partial charge in [0, 0.05) is 12.4 Å². The van der Waals surface area contributed by atoms with Gasteiger partial charge in [0.05, 0.1) is 31.7 Å². The second-order valence-corrected chi connectivity index (χ2v) is 8.41. The first-order valence-corrected chi connectivity index (χ1v) is 10.4. The molecule has 10 heteroatoms. The first-order valence-electron chi connectivity index (χ1n) is 8.04. The zero-order valence-electron chi connectivity index (χ0n) is 14.2.